The monoisotopic (exact) mass is 380 g/mol. The van der Waals surface area contributed by atoms with Crippen molar-refractivity contribution in [1.82, 2.24) is 9.80 Å². The van der Waals surface area contributed by atoms with Gasteiger partial charge in [-0.3, -0.25) is 9.59 Å². The zero-order valence-corrected chi connectivity index (χ0v) is 16.4. The number of likely N-dealkylation sites (tertiary alicyclic amines) is 2. The molecular weight excluding hydrogens is 352 g/mol. The number of hydrogen-bond acceptors (Lipinski definition) is 5. The van der Waals surface area contributed by atoms with Crippen molar-refractivity contribution in [2.24, 2.45) is 5.92 Å². The molecule has 3 rings (SSSR count). The highest BCUT2D eigenvalue weighted by Crippen LogP contribution is 2.36. The fourth-order valence-corrected chi connectivity index (χ4v) is 4.95. The lowest BCUT2D eigenvalue weighted by atomic mass is 9.75. The molecule has 0 bridgehead atoms. The summed E-state index contributed by atoms with van der Waals surface area (Å²) in [5, 5.41) is 12.9. The molecule has 2 unspecified atom stereocenters. The summed E-state index contributed by atoms with van der Waals surface area (Å²) >= 11 is 1.63. The first-order chi connectivity index (χ1) is 12.5. The van der Waals surface area contributed by atoms with Crippen LogP contribution < -0.4 is 0 Å². The average molecular weight is 381 g/mol. The molecule has 0 radical (unpaired) electrons. The van der Waals surface area contributed by atoms with Crippen molar-refractivity contribution in [2.75, 3.05) is 39.9 Å². The summed E-state index contributed by atoms with van der Waals surface area (Å²) in [4.78, 5) is 29.8. The molecule has 0 saturated carbocycles. The van der Waals surface area contributed by atoms with Crippen LogP contribution in [0.25, 0.3) is 0 Å². The molecule has 3 heterocycles. The minimum Gasteiger partial charge on any atom is -0.389 e. The van der Waals surface area contributed by atoms with E-state index in [4.69, 9.17) is 4.74 Å². The number of amides is 2. The molecule has 2 amide bonds. The van der Waals surface area contributed by atoms with Gasteiger partial charge in [0.15, 0.2) is 0 Å². The van der Waals surface area contributed by atoms with Crippen LogP contribution >= 0.6 is 11.3 Å². The Bertz CT molecular complexity index is 662. The smallest absolute Gasteiger partial charge is 0.254 e. The first-order valence-corrected chi connectivity index (χ1v) is 10.2. The number of rotatable bonds is 5. The Morgan fingerprint density at radius 3 is 2.69 bits per heavy atom. The van der Waals surface area contributed by atoms with Crippen LogP contribution in [-0.2, 0) is 16.0 Å². The molecule has 2 saturated heterocycles. The van der Waals surface area contributed by atoms with Gasteiger partial charge in [-0.15, -0.1) is 11.3 Å². The summed E-state index contributed by atoms with van der Waals surface area (Å²) in [6.45, 7) is 4.28. The normalized spacial score (nSPS) is 25.9. The van der Waals surface area contributed by atoms with E-state index in [2.05, 4.69) is 6.92 Å². The van der Waals surface area contributed by atoms with Crippen molar-refractivity contribution in [3.8, 4) is 0 Å². The molecule has 2 aliphatic heterocycles. The zero-order valence-electron chi connectivity index (χ0n) is 15.6. The summed E-state index contributed by atoms with van der Waals surface area (Å²) < 4.78 is 4.94. The number of aliphatic hydroxyl groups is 1. The van der Waals surface area contributed by atoms with Crippen LogP contribution in [-0.4, -0.2) is 72.2 Å². The van der Waals surface area contributed by atoms with Gasteiger partial charge in [0.25, 0.3) is 5.91 Å². The summed E-state index contributed by atoms with van der Waals surface area (Å²) in [5.41, 5.74) is -0.0325. The number of aryl methyl sites for hydroxylation is 1. The number of carbonyl (C=O) groups excluding carboxylic acids is 2. The third kappa shape index (κ3) is 3.94. The molecule has 2 aliphatic rings. The molecule has 144 valence electrons. The molecule has 6 nitrogen and oxygen atoms in total. The van der Waals surface area contributed by atoms with Gasteiger partial charge >= 0.3 is 0 Å². The highest BCUT2D eigenvalue weighted by molar-refractivity contribution is 7.10. The van der Waals surface area contributed by atoms with Crippen LogP contribution in [0.15, 0.2) is 11.4 Å². The second kappa shape index (κ2) is 8.06. The number of fused-ring (bicyclic) bond motifs is 1. The molecule has 1 aromatic rings. The Kier molecular flexibility index (Phi) is 5.99. The van der Waals surface area contributed by atoms with Gasteiger partial charge in [0, 0.05) is 49.5 Å². The van der Waals surface area contributed by atoms with E-state index in [9.17, 15) is 14.7 Å². The predicted molar refractivity (Wildman–Crippen MR) is 100 cm³/mol. The SMILES string of the molecule is CCCc1cc(C(=O)N2CCC3(O)CCN(C(=O)COC)CC3C2)cs1. The average Bonchev–Trinajstić information content (AvgIpc) is 3.09. The Hall–Kier alpha value is -1.44. The van der Waals surface area contributed by atoms with Crippen LogP contribution in [0.5, 0.6) is 0 Å². The third-order valence-electron chi connectivity index (χ3n) is 5.58. The van der Waals surface area contributed by atoms with Gasteiger partial charge in [-0.1, -0.05) is 13.3 Å². The van der Waals surface area contributed by atoms with Gasteiger partial charge in [0.2, 0.25) is 5.91 Å². The number of ether oxygens (including phenoxy) is 1. The van der Waals surface area contributed by atoms with Gasteiger partial charge < -0.3 is 19.6 Å². The van der Waals surface area contributed by atoms with Gasteiger partial charge in [-0.05, 0) is 25.3 Å². The first-order valence-electron chi connectivity index (χ1n) is 9.32. The maximum atomic E-state index is 12.9. The molecule has 0 aromatic carbocycles. The van der Waals surface area contributed by atoms with Gasteiger partial charge in [-0.2, -0.15) is 0 Å². The summed E-state index contributed by atoms with van der Waals surface area (Å²) in [6.07, 6.45) is 3.20. The van der Waals surface area contributed by atoms with Crippen molar-refractivity contribution < 1.29 is 19.4 Å². The standard InChI is InChI=1S/C19H28N2O4S/c1-3-4-16-9-14(13-26-16)18(23)21-8-6-19(24)5-7-20(10-15(19)11-21)17(22)12-25-2/h9,13,15,24H,3-8,10-12H2,1-2H3. The summed E-state index contributed by atoms with van der Waals surface area (Å²) in [7, 11) is 1.51. The third-order valence-corrected chi connectivity index (χ3v) is 6.57. The van der Waals surface area contributed by atoms with Crippen LogP contribution in [0, 0.1) is 5.92 Å². The van der Waals surface area contributed by atoms with Gasteiger partial charge in [0.1, 0.15) is 6.61 Å². The Morgan fingerprint density at radius 2 is 2.00 bits per heavy atom. The van der Waals surface area contributed by atoms with Crippen molar-refractivity contribution >= 4 is 23.2 Å². The number of hydrogen-bond donors (Lipinski definition) is 1. The Labute approximate surface area is 158 Å². The zero-order chi connectivity index (χ0) is 18.7. The number of piperidine rings is 2. The summed E-state index contributed by atoms with van der Waals surface area (Å²) in [6, 6.07) is 1.99. The number of carbonyl (C=O) groups is 2. The molecule has 1 aromatic heterocycles. The second-order valence-electron chi connectivity index (χ2n) is 7.38. The lowest BCUT2D eigenvalue weighted by Crippen LogP contribution is -2.61. The second-order valence-corrected chi connectivity index (χ2v) is 8.37. The van der Waals surface area contributed by atoms with Crippen LogP contribution in [0.2, 0.25) is 0 Å². The quantitative estimate of drug-likeness (QED) is 0.845. The molecule has 0 aliphatic carbocycles. The predicted octanol–water partition coefficient (Wildman–Crippen LogP) is 1.77. The molecule has 2 atom stereocenters. The van der Waals surface area contributed by atoms with Crippen molar-refractivity contribution in [3.05, 3.63) is 21.9 Å². The number of methoxy groups -OCH3 is 1. The fraction of sp³-hybridized carbons (Fsp3) is 0.684. The van der Waals surface area contributed by atoms with E-state index in [-0.39, 0.29) is 24.3 Å². The topological polar surface area (TPSA) is 70.1 Å². The Balaban J connectivity index is 1.67. The van der Waals surface area contributed by atoms with E-state index in [1.807, 2.05) is 16.3 Å². The number of thiophene rings is 1. The molecule has 2 fully saturated rings. The summed E-state index contributed by atoms with van der Waals surface area (Å²) in [5.74, 6) is -0.130. The van der Waals surface area contributed by atoms with E-state index >= 15 is 0 Å². The largest absolute Gasteiger partial charge is 0.389 e. The van der Waals surface area contributed by atoms with E-state index in [1.165, 1.54) is 12.0 Å². The molecular formula is C19H28N2O4S. The lowest BCUT2D eigenvalue weighted by molar-refractivity contribution is -0.148. The van der Waals surface area contributed by atoms with Crippen LogP contribution in [0.3, 0.4) is 0 Å². The number of nitrogens with zero attached hydrogens (tertiary/aromatic N) is 2. The molecule has 7 heteroatoms. The first kappa shape index (κ1) is 19.3. The van der Waals surface area contributed by atoms with Crippen molar-refractivity contribution in [2.45, 2.75) is 38.2 Å². The minimum absolute atomic E-state index is 0.0333. The van der Waals surface area contributed by atoms with Crippen molar-refractivity contribution in [3.63, 3.8) is 0 Å². The molecule has 1 N–H and O–H groups in total. The minimum atomic E-state index is -0.775. The van der Waals surface area contributed by atoms with Crippen molar-refractivity contribution in [1.29, 1.82) is 0 Å². The maximum absolute atomic E-state index is 12.9. The molecule has 26 heavy (non-hydrogen) atoms. The highest BCUT2D eigenvalue weighted by atomic mass is 32.1. The van der Waals surface area contributed by atoms with Gasteiger partial charge in [0.05, 0.1) is 11.2 Å². The van der Waals surface area contributed by atoms with E-state index < -0.39 is 5.60 Å². The maximum Gasteiger partial charge on any atom is 0.254 e. The van der Waals surface area contributed by atoms with E-state index in [0.29, 0.717) is 39.0 Å². The van der Waals surface area contributed by atoms with Gasteiger partial charge in [-0.25, -0.2) is 0 Å². The lowest BCUT2D eigenvalue weighted by Gasteiger charge is -2.50. The van der Waals surface area contributed by atoms with E-state index in [1.54, 1.807) is 16.2 Å². The van der Waals surface area contributed by atoms with Crippen LogP contribution in [0.1, 0.15) is 41.4 Å². The Morgan fingerprint density at radius 1 is 1.31 bits per heavy atom. The van der Waals surface area contributed by atoms with Crippen LogP contribution in [0.4, 0.5) is 0 Å². The highest BCUT2D eigenvalue weighted by Gasteiger charge is 2.46. The van der Waals surface area contributed by atoms with E-state index in [0.717, 1.165) is 18.4 Å². The fourth-order valence-electron chi connectivity index (χ4n) is 3.98. The molecule has 0 spiro atoms.